The molecule has 0 bridgehead atoms. The van der Waals surface area contributed by atoms with Crippen LogP contribution in [0.2, 0.25) is 5.02 Å². The molecule has 106 valence electrons. The first-order chi connectivity index (χ1) is 9.63. The Labute approximate surface area is 124 Å². The van der Waals surface area contributed by atoms with Crippen LogP contribution < -0.4 is 10.9 Å². The quantitative estimate of drug-likeness (QED) is 0.900. The zero-order valence-electron chi connectivity index (χ0n) is 11.8. The molecular weight excluding hydrogens is 272 g/mol. The number of anilines is 1. The summed E-state index contributed by atoms with van der Waals surface area (Å²) in [5, 5.41) is 4.20. The zero-order valence-corrected chi connectivity index (χ0v) is 12.5. The van der Waals surface area contributed by atoms with Crippen molar-refractivity contribution in [2.24, 2.45) is 0 Å². The number of aryl methyl sites for hydroxylation is 1. The summed E-state index contributed by atoms with van der Waals surface area (Å²) >= 11 is 5.92. The van der Waals surface area contributed by atoms with Gasteiger partial charge in [0, 0.05) is 23.8 Å². The second-order valence-corrected chi connectivity index (χ2v) is 5.14. The Bertz CT molecular complexity index is 619. The highest BCUT2D eigenvalue weighted by atomic mass is 35.5. The molecule has 20 heavy (non-hydrogen) atoms. The molecule has 0 aliphatic carbocycles. The van der Waals surface area contributed by atoms with Gasteiger partial charge in [-0.25, -0.2) is 0 Å². The summed E-state index contributed by atoms with van der Waals surface area (Å²) < 4.78 is 1.69. The van der Waals surface area contributed by atoms with E-state index in [1.54, 1.807) is 10.6 Å². The van der Waals surface area contributed by atoms with Crippen molar-refractivity contribution in [1.29, 1.82) is 0 Å². The van der Waals surface area contributed by atoms with Crippen molar-refractivity contribution in [2.75, 3.05) is 5.32 Å². The van der Waals surface area contributed by atoms with E-state index in [1.807, 2.05) is 43.5 Å². The predicted molar refractivity (Wildman–Crippen MR) is 84.5 cm³/mol. The van der Waals surface area contributed by atoms with Crippen LogP contribution in [0.3, 0.4) is 0 Å². The topological polar surface area (TPSA) is 34.0 Å². The van der Waals surface area contributed by atoms with Gasteiger partial charge in [-0.3, -0.25) is 4.79 Å². The largest absolute Gasteiger partial charge is 0.377 e. The van der Waals surface area contributed by atoms with Crippen LogP contribution >= 0.6 is 11.6 Å². The maximum atomic E-state index is 11.6. The summed E-state index contributed by atoms with van der Waals surface area (Å²) in [5.41, 5.74) is 2.16. The molecule has 1 aromatic heterocycles. The van der Waals surface area contributed by atoms with E-state index < -0.39 is 0 Å². The molecule has 1 N–H and O–H groups in total. The van der Waals surface area contributed by atoms with Crippen LogP contribution in [0.5, 0.6) is 0 Å². The molecule has 2 rings (SSSR count). The van der Waals surface area contributed by atoms with Crippen molar-refractivity contribution in [3.8, 4) is 0 Å². The average Bonchev–Trinajstić information content (AvgIpc) is 2.47. The van der Waals surface area contributed by atoms with Crippen LogP contribution in [0.4, 0.5) is 5.69 Å². The third kappa shape index (κ3) is 3.42. The van der Waals surface area contributed by atoms with Gasteiger partial charge in [-0.05, 0) is 37.1 Å². The molecule has 0 aliphatic rings. The number of hydrogen-bond donors (Lipinski definition) is 1. The fourth-order valence-corrected chi connectivity index (χ4v) is 2.31. The van der Waals surface area contributed by atoms with Gasteiger partial charge in [-0.15, -0.1) is 0 Å². The molecule has 1 aromatic carbocycles. The molecule has 0 fully saturated rings. The summed E-state index contributed by atoms with van der Waals surface area (Å²) in [7, 11) is 0. The first kappa shape index (κ1) is 14.7. The maximum absolute atomic E-state index is 11.6. The monoisotopic (exact) mass is 290 g/mol. The number of pyridine rings is 1. The molecule has 2 aromatic rings. The Balaban J connectivity index is 2.22. The van der Waals surface area contributed by atoms with Crippen LogP contribution in [0, 0.1) is 0 Å². The van der Waals surface area contributed by atoms with Gasteiger partial charge in [0.15, 0.2) is 0 Å². The third-order valence-electron chi connectivity index (χ3n) is 3.35. The van der Waals surface area contributed by atoms with Gasteiger partial charge in [-0.2, -0.15) is 0 Å². The lowest BCUT2D eigenvalue weighted by molar-refractivity contribution is 0.715. The lowest BCUT2D eigenvalue weighted by atomic mass is 10.0. The van der Waals surface area contributed by atoms with Gasteiger partial charge in [0.2, 0.25) is 0 Å². The first-order valence-corrected chi connectivity index (χ1v) is 7.24. The van der Waals surface area contributed by atoms with Crippen molar-refractivity contribution in [3.05, 3.63) is 63.5 Å². The van der Waals surface area contributed by atoms with Gasteiger partial charge in [0.05, 0.1) is 11.7 Å². The Morgan fingerprint density at radius 1 is 1.15 bits per heavy atom. The van der Waals surface area contributed by atoms with Crippen LogP contribution in [-0.4, -0.2) is 4.57 Å². The highest BCUT2D eigenvalue weighted by Crippen LogP contribution is 2.23. The van der Waals surface area contributed by atoms with Crippen LogP contribution in [0.1, 0.15) is 31.9 Å². The van der Waals surface area contributed by atoms with Crippen molar-refractivity contribution in [3.63, 3.8) is 0 Å². The molecule has 0 spiro atoms. The van der Waals surface area contributed by atoms with Gasteiger partial charge in [0.25, 0.3) is 5.56 Å². The number of halogens is 1. The van der Waals surface area contributed by atoms with Crippen molar-refractivity contribution < 1.29 is 0 Å². The second-order valence-electron chi connectivity index (χ2n) is 4.70. The maximum Gasteiger partial charge on any atom is 0.250 e. The summed E-state index contributed by atoms with van der Waals surface area (Å²) in [6.07, 6.45) is 2.81. The number of benzene rings is 1. The lowest BCUT2D eigenvalue weighted by Crippen LogP contribution is -2.19. The third-order valence-corrected chi connectivity index (χ3v) is 3.60. The minimum absolute atomic E-state index is 0.0255. The molecule has 0 radical (unpaired) electrons. The molecule has 0 saturated heterocycles. The Hall–Kier alpha value is -1.74. The van der Waals surface area contributed by atoms with Crippen LogP contribution in [0.15, 0.2) is 47.4 Å². The molecule has 1 atom stereocenters. The molecule has 3 nitrogen and oxygen atoms in total. The van der Waals surface area contributed by atoms with E-state index >= 15 is 0 Å². The van der Waals surface area contributed by atoms with Crippen molar-refractivity contribution >= 4 is 17.3 Å². The number of hydrogen-bond acceptors (Lipinski definition) is 2. The van der Waals surface area contributed by atoms with Gasteiger partial charge < -0.3 is 9.88 Å². The van der Waals surface area contributed by atoms with Crippen LogP contribution in [0.25, 0.3) is 0 Å². The predicted octanol–water partition coefficient (Wildman–Crippen LogP) is 4.08. The van der Waals surface area contributed by atoms with Gasteiger partial charge in [0.1, 0.15) is 0 Å². The molecule has 4 heteroatoms. The van der Waals surface area contributed by atoms with Gasteiger partial charge in [-0.1, -0.05) is 30.7 Å². The van der Waals surface area contributed by atoms with E-state index in [4.69, 9.17) is 11.6 Å². The standard InChI is InChI=1S/C16H19ClN2O/c1-3-15(12-5-7-13(17)8-6-12)18-14-9-10-16(20)19(4-2)11-14/h5-11,15,18H,3-4H2,1-2H3. The summed E-state index contributed by atoms with van der Waals surface area (Å²) in [4.78, 5) is 11.6. The highest BCUT2D eigenvalue weighted by Gasteiger charge is 2.09. The average molecular weight is 291 g/mol. The number of aromatic nitrogens is 1. The molecule has 1 heterocycles. The summed E-state index contributed by atoms with van der Waals surface area (Å²) in [6.45, 7) is 4.76. The van der Waals surface area contributed by atoms with E-state index in [9.17, 15) is 4.79 Å². The molecule has 1 unspecified atom stereocenters. The second kappa shape index (κ2) is 6.62. The Morgan fingerprint density at radius 3 is 2.45 bits per heavy atom. The van der Waals surface area contributed by atoms with E-state index in [-0.39, 0.29) is 11.6 Å². The Morgan fingerprint density at radius 2 is 1.85 bits per heavy atom. The van der Waals surface area contributed by atoms with E-state index in [1.165, 1.54) is 5.56 Å². The zero-order chi connectivity index (χ0) is 14.5. The summed E-state index contributed by atoms with van der Waals surface area (Å²) in [5.74, 6) is 0. The van der Waals surface area contributed by atoms with Crippen LogP contribution in [-0.2, 0) is 6.54 Å². The van der Waals surface area contributed by atoms with Crippen molar-refractivity contribution in [1.82, 2.24) is 4.57 Å². The molecular formula is C16H19ClN2O. The summed E-state index contributed by atoms with van der Waals surface area (Å²) in [6, 6.07) is 11.5. The Kier molecular flexibility index (Phi) is 4.85. The number of nitrogens with one attached hydrogen (secondary N) is 1. The van der Waals surface area contributed by atoms with E-state index in [0.717, 1.165) is 17.1 Å². The first-order valence-electron chi connectivity index (χ1n) is 6.86. The van der Waals surface area contributed by atoms with E-state index in [0.29, 0.717) is 6.54 Å². The molecule has 0 amide bonds. The SMILES string of the molecule is CCC(Nc1ccc(=O)n(CC)c1)c1ccc(Cl)cc1. The highest BCUT2D eigenvalue weighted by molar-refractivity contribution is 6.30. The molecule has 0 aliphatic heterocycles. The number of nitrogens with zero attached hydrogens (tertiary/aromatic N) is 1. The fourth-order valence-electron chi connectivity index (χ4n) is 2.18. The number of rotatable bonds is 5. The van der Waals surface area contributed by atoms with Gasteiger partial charge >= 0.3 is 0 Å². The minimum Gasteiger partial charge on any atom is -0.377 e. The molecule has 0 saturated carbocycles. The fraction of sp³-hybridized carbons (Fsp3) is 0.312. The lowest BCUT2D eigenvalue weighted by Gasteiger charge is -2.19. The normalized spacial score (nSPS) is 12.2. The van der Waals surface area contributed by atoms with E-state index in [2.05, 4.69) is 12.2 Å². The minimum atomic E-state index is 0.0255. The smallest absolute Gasteiger partial charge is 0.250 e. The van der Waals surface area contributed by atoms with Crippen molar-refractivity contribution in [2.45, 2.75) is 32.9 Å².